The van der Waals surface area contributed by atoms with Gasteiger partial charge in [0.2, 0.25) is 0 Å². The monoisotopic (exact) mass is 344 g/mol. The Bertz CT molecular complexity index is 729. The minimum atomic E-state index is -0.312. The third-order valence-corrected chi connectivity index (χ3v) is 3.90. The third-order valence-electron chi connectivity index (χ3n) is 3.90. The second kappa shape index (κ2) is 8.05. The fourth-order valence-electron chi connectivity index (χ4n) is 2.18. The highest BCUT2D eigenvalue weighted by atomic mass is 19.1. The van der Waals surface area contributed by atoms with Crippen molar-refractivity contribution in [2.24, 2.45) is 5.92 Å². The van der Waals surface area contributed by atoms with E-state index in [0.29, 0.717) is 35.2 Å². The Hall–Kier alpha value is -2.50. The zero-order valence-electron chi connectivity index (χ0n) is 15.4. The van der Waals surface area contributed by atoms with Crippen LogP contribution in [0.5, 0.6) is 0 Å². The first-order valence-corrected chi connectivity index (χ1v) is 8.43. The maximum Gasteiger partial charge on any atom is 0.256 e. The van der Waals surface area contributed by atoms with Crippen LogP contribution in [0.3, 0.4) is 0 Å². The molecule has 5 nitrogen and oxygen atoms in total. The number of benzene rings is 1. The molecule has 0 aliphatic rings. The fourth-order valence-corrected chi connectivity index (χ4v) is 2.18. The second-order valence-electron chi connectivity index (χ2n) is 6.75. The van der Waals surface area contributed by atoms with Crippen molar-refractivity contribution < 1.29 is 9.18 Å². The summed E-state index contributed by atoms with van der Waals surface area (Å²) in [4.78, 5) is 23.3. The van der Waals surface area contributed by atoms with Gasteiger partial charge in [-0.15, -0.1) is 0 Å². The van der Waals surface area contributed by atoms with Crippen molar-refractivity contribution in [3.63, 3.8) is 0 Å². The van der Waals surface area contributed by atoms with Crippen LogP contribution < -0.4 is 10.2 Å². The number of nitrogens with one attached hydrogen (secondary N) is 1. The molecule has 0 aliphatic heterocycles. The fraction of sp³-hybridized carbons (Fsp3) is 0.421. The molecule has 2 aromatic rings. The average molecular weight is 344 g/mol. The largest absolute Gasteiger partial charge is 0.356 e. The third kappa shape index (κ3) is 4.75. The van der Waals surface area contributed by atoms with Crippen LogP contribution in [0, 0.1) is 11.7 Å². The van der Waals surface area contributed by atoms with Crippen LogP contribution in [-0.2, 0) is 0 Å². The van der Waals surface area contributed by atoms with Crippen LogP contribution in [-0.4, -0.2) is 35.5 Å². The van der Waals surface area contributed by atoms with E-state index in [1.165, 1.54) is 18.3 Å². The first kappa shape index (κ1) is 18.8. The van der Waals surface area contributed by atoms with Crippen LogP contribution in [0.15, 0.2) is 30.5 Å². The van der Waals surface area contributed by atoms with Crippen molar-refractivity contribution in [1.29, 1.82) is 0 Å². The number of nitrogens with zero attached hydrogens (tertiary/aromatic N) is 3. The molecule has 1 aromatic heterocycles. The van der Waals surface area contributed by atoms with Crippen molar-refractivity contribution in [3.8, 4) is 11.4 Å². The number of anilines is 1. The summed E-state index contributed by atoms with van der Waals surface area (Å²) in [5.74, 6) is 0.873. The van der Waals surface area contributed by atoms with Crippen LogP contribution in [0.2, 0.25) is 0 Å². The van der Waals surface area contributed by atoms with Gasteiger partial charge in [0, 0.05) is 31.4 Å². The summed E-state index contributed by atoms with van der Waals surface area (Å²) in [6.45, 7) is 8.71. The zero-order chi connectivity index (χ0) is 18.6. The van der Waals surface area contributed by atoms with Gasteiger partial charge in [0.05, 0.1) is 0 Å². The zero-order valence-corrected chi connectivity index (χ0v) is 15.4. The van der Waals surface area contributed by atoms with Crippen molar-refractivity contribution in [2.75, 3.05) is 18.5 Å². The number of carbonyl (C=O) groups is 1. The summed E-state index contributed by atoms with van der Waals surface area (Å²) in [5.41, 5.74) is 1.14. The molecular weight excluding hydrogens is 319 g/mol. The average Bonchev–Trinajstić information content (AvgIpc) is 2.59. The number of amides is 1. The highest BCUT2D eigenvalue weighted by Gasteiger charge is 2.20. The molecule has 134 valence electrons. The van der Waals surface area contributed by atoms with Gasteiger partial charge in [-0.25, -0.2) is 14.4 Å². The van der Waals surface area contributed by atoms with Crippen LogP contribution >= 0.6 is 0 Å². The number of hydrogen-bond acceptors (Lipinski definition) is 4. The van der Waals surface area contributed by atoms with Gasteiger partial charge in [-0.3, -0.25) is 4.79 Å². The minimum Gasteiger partial charge on any atom is -0.356 e. The van der Waals surface area contributed by atoms with E-state index in [1.54, 1.807) is 12.1 Å². The predicted molar refractivity (Wildman–Crippen MR) is 98.1 cm³/mol. The Balaban J connectivity index is 2.42. The molecular formula is C19H25FN4O. The molecule has 0 aliphatic carbocycles. The summed E-state index contributed by atoms with van der Waals surface area (Å²) >= 11 is 0. The van der Waals surface area contributed by atoms with E-state index >= 15 is 0 Å². The Morgan fingerprint density at radius 3 is 2.40 bits per heavy atom. The Kier molecular flexibility index (Phi) is 6.07. The van der Waals surface area contributed by atoms with Gasteiger partial charge in [-0.1, -0.05) is 13.8 Å². The lowest BCUT2D eigenvalue weighted by atomic mass is 10.1. The van der Waals surface area contributed by atoms with Crippen LogP contribution in [0.4, 0.5) is 10.2 Å². The van der Waals surface area contributed by atoms with E-state index in [2.05, 4.69) is 15.3 Å². The smallest absolute Gasteiger partial charge is 0.256 e. The number of halogens is 1. The van der Waals surface area contributed by atoms with Gasteiger partial charge >= 0.3 is 0 Å². The first-order valence-electron chi connectivity index (χ1n) is 8.43. The lowest BCUT2D eigenvalue weighted by Crippen LogP contribution is -2.33. The molecule has 6 heteroatoms. The van der Waals surface area contributed by atoms with Crippen molar-refractivity contribution in [1.82, 2.24) is 15.3 Å². The highest BCUT2D eigenvalue weighted by Crippen LogP contribution is 2.23. The molecule has 1 N–H and O–H groups in total. The molecule has 0 atom stereocenters. The lowest BCUT2D eigenvalue weighted by molar-refractivity contribution is 0.0949. The molecule has 1 heterocycles. The number of hydrogen-bond donors (Lipinski definition) is 1. The van der Waals surface area contributed by atoms with Crippen molar-refractivity contribution >= 4 is 11.7 Å². The second-order valence-corrected chi connectivity index (χ2v) is 6.75. The molecule has 2 rings (SSSR count). The normalized spacial score (nSPS) is 11.0. The van der Waals surface area contributed by atoms with E-state index in [1.807, 2.05) is 39.6 Å². The summed E-state index contributed by atoms with van der Waals surface area (Å²) in [6.07, 6.45) is 1.54. The van der Waals surface area contributed by atoms with E-state index < -0.39 is 0 Å². The van der Waals surface area contributed by atoms with Gasteiger partial charge in [0.25, 0.3) is 5.91 Å². The SMILES string of the molecule is CC(C)CNC(=O)c1cnc(-c2ccc(F)cc2)nc1N(C)C(C)C. The highest BCUT2D eigenvalue weighted by molar-refractivity contribution is 5.98. The number of aromatic nitrogens is 2. The molecule has 0 radical (unpaired) electrons. The number of rotatable bonds is 6. The topological polar surface area (TPSA) is 58.1 Å². The van der Waals surface area contributed by atoms with Gasteiger partial charge in [-0.05, 0) is 44.0 Å². The first-order chi connectivity index (χ1) is 11.8. The van der Waals surface area contributed by atoms with E-state index in [-0.39, 0.29) is 17.8 Å². The Labute approximate surface area is 148 Å². The van der Waals surface area contributed by atoms with Gasteiger partial charge in [-0.2, -0.15) is 0 Å². The quantitative estimate of drug-likeness (QED) is 0.871. The van der Waals surface area contributed by atoms with E-state index in [0.717, 1.165) is 0 Å². The maximum atomic E-state index is 13.1. The lowest BCUT2D eigenvalue weighted by Gasteiger charge is -2.25. The number of carbonyl (C=O) groups excluding carboxylic acids is 1. The molecule has 0 spiro atoms. The Morgan fingerprint density at radius 1 is 1.20 bits per heavy atom. The van der Waals surface area contributed by atoms with Crippen LogP contribution in [0.25, 0.3) is 11.4 Å². The van der Waals surface area contributed by atoms with Crippen molar-refractivity contribution in [2.45, 2.75) is 33.7 Å². The van der Waals surface area contributed by atoms with Crippen LogP contribution in [0.1, 0.15) is 38.1 Å². The van der Waals surface area contributed by atoms with E-state index in [4.69, 9.17) is 0 Å². The molecule has 1 aromatic carbocycles. The minimum absolute atomic E-state index is 0.160. The molecule has 0 bridgehead atoms. The molecule has 0 fully saturated rings. The summed E-state index contributed by atoms with van der Waals surface area (Å²) < 4.78 is 13.1. The molecule has 0 saturated carbocycles. The predicted octanol–water partition coefficient (Wildman–Crippen LogP) is 3.51. The van der Waals surface area contributed by atoms with Gasteiger partial charge in [0.1, 0.15) is 17.2 Å². The summed E-state index contributed by atoms with van der Waals surface area (Å²) in [6, 6.07) is 6.15. The standard InChI is InChI=1S/C19H25FN4O/c1-12(2)10-22-19(25)16-11-21-17(14-6-8-15(20)9-7-14)23-18(16)24(5)13(3)4/h6-9,11-13H,10H2,1-5H3,(H,22,25). The van der Waals surface area contributed by atoms with Gasteiger partial charge in [0.15, 0.2) is 5.82 Å². The molecule has 0 unspecified atom stereocenters. The molecule has 1 amide bonds. The maximum absolute atomic E-state index is 13.1. The van der Waals surface area contributed by atoms with Crippen molar-refractivity contribution in [3.05, 3.63) is 41.8 Å². The van der Waals surface area contributed by atoms with E-state index in [9.17, 15) is 9.18 Å². The summed E-state index contributed by atoms with van der Waals surface area (Å²) in [5, 5.41) is 2.90. The summed E-state index contributed by atoms with van der Waals surface area (Å²) in [7, 11) is 1.89. The molecule has 25 heavy (non-hydrogen) atoms. The Morgan fingerprint density at radius 2 is 1.84 bits per heavy atom. The molecule has 0 saturated heterocycles. The van der Waals surface area contributed by atoms with Gasteiger partial charge < -0.3 is 10.2 Å².